The first-order chi connectivity index (χ1) is 6.47. The maximum Gasteiger partial charge on any atom is 0.417 e. The summed E-state index contributed by atoms with van der Waals surface area (Å²) in [5.41, 5.74) is 0.601. The SMILES string of the molecule is NS(=O)(=O)c1ccc2[nH]c(=O)oc2c1. The molecule has 1 aromatic heterocycles. The summed E-state index contributed by atoms with van der Waals surface area (Å²) in [4.78, 5) is 13.0. The average Bonchev–Trinajstić information content (AvgIpc) is 2.41. The molecule has 74 valence electrons. The molecule has 2 rings (SSSR count). The van der Waals surface area contributed by atoms with Crippen LogP contribution in [0.3, 0.4) is 0 Å². The summed E-state index contributed by atoms with van der Waals surface area (Å²) in [6, 6.07) is 3.91. The minimum Gasteiger partial charge on any atom is -0.408 e. The molecule has 0 fully saturated rings. The number of nitrogens with two attached hydrogens (primary N) is 1. The van der Waals surface area contributed by atoms with Gasteiger partial charge in [-0.2, -0.15) is 0 Å². The monoisotopic (exact) mass is 214 g/mol. The Hall–Kier alpha value is -1.60. The summed E-state index contributed by atoms with van der Waals surface area (Å²) in [5.74, 6) is -0.633. The van der Waals surface area contributed by atoms with Gasteiger partial charge in [-0.1, -0.05) is 0 Å². The first kappa shape index (κ1) is 8.97. The van der Waals surface area contributed by atoms with Gasteiger partial charge in [-0.05, 0) is 12.1 Å². The van der Waals surface area contributed by atoms with Crippen LogP contribution < -0.4 is 10.9 Å². The summed E-state index contributed by atoms with van der Waals surface area (Å²) < 4.78 is 26.5. The van der Waals surface area contributed by atoms with E-state index in [4.69, 9.17) is 5.14 Å². The Morgan fingerprint density at radius 1 is 1.36 bits per heavy atom. The van der Waals surface area contributed by atoms with Crippen LogP contribution in [0.4, 0.5) is 0 Å². The molecule has 0 radical (unpaired) electrons. The van der Waals surface area contributed by atoms with Crippen molar-refractivity contribution in [3.8, 4) is 0 Å². The number of aromatic amines is 1. The molecule has 0 atom stereocenters. The molecule has 3 N–H and O–H groups in total. The quantitative estimate of drug-likeness (QED) is 0.683. The van der Waals surface area contributed by atoms with Gasteiger partial charge in [0.2, 0.25) is 10.0 Å². The van der Waals surface area contributed by atoms with E-state index in [9.17, 15) is 13.2 Å². The molecule has 1 aromatic carbocycles. The van der Waals surface area contributed by atoms with Crippen LogP contribution in [0.1, 0.15) is 0 Å². The van der Waals surface area contributed by atoms with Gasteiger partial charge in [-0.15, -0.1) is 0 Å². The van der Waals surface area contributed by atoms with Gasteiger partial charge < -0.3 is 4.42 Å². The molecule has 14 heavy (non-hydrogen) atoms. The zero-order valence-corrected chi connectivity index (χ0v) is 7.67. The lowest BCUT2D eigenvalue weighted by Gasteiger charge is -1.95. The van der Waals surface area contributed by atoms with Crippen LogP contribution in [-0.2, 0) is 10.0 Å². The number of primary sulfonamides is 1. The van der Waals surface area contributed by atoms with E-state index in [1.54, 1.807) is 0 Å². The smallest absolute Gasteiger partial charge is 0.408 e. The molecule has 0 bridgehead atoms. The molecule has 0 spiro atoms. The largest absolute Gasteiger partial charge is 0.417 e. The molecule has 2 aromatic rings. The molecule has 0 amide bonds. The number of nitrogens with one attached hydrogen (secondary N) is 1. The normalized spacial score (nSPS) is 12.1. The van der Waals surface area contributed by atoms with Gasteiger partial charge in [-0.25, -0.2) is 18.4 Å². The van der Waals surface area contributed by atoms with E-state index in [1.165, 1.54) is 18.2 Å². The topological polar surface area (TPSA) is 106 Å². The number of H-pyrrole nitrogens is 1. The van der Waals surface area contributed by atoms with Crippen molar-refractivity contribution in [1.29, 1.82) is 0 Å². The van der Waals surface area contributed by atoms with Crippen LogP contribution in [0.5, 0.6) is 0 Å². The van der Waals surface area contributed by atoms with Gasteiger partial charge in [0.25, 0.3) is 0 Å². The lowest BCUT2D eigenvalue weighted by molar-refractivity contribution is 0.554. The van der Waals surface area contributed by atoms with Gasteiger partial charge in [0.15, 0.2) is 5.58 Å². The molecular formula is C7H6N2O4S. The molecule has 6 nitrogen and oxygen atoms in total. The highest BCUT2D eigenvalue weighted by atomic mass is 32.2. The molecule has 0 saturated heterocycles. The zero-order valence-electron chi connectivity index (χ0n) is 6.85. The van der Waals surface area contributed by atoms with Crippen LogP contribution >= 0.6 is 0 Å². The number of aromatic nitrogens is 1. The van der Waals surface area contributed by atoms with Crippen molar-refractivity contribution in [2.75, 3.05) is 0 Å². The van der Waals surface area contributed by atoms with E-state index in [-0.39, 0.29) is 10.5 Å². The maximum absolute atomic E-state index is 10.9. The van der Waals surface area contributed by atoms with E-state index in [2.05, 4.69) is 9.40 Å². The summed E-state index contributed by atoms with van der Waals surface area (Å²) in [5, 5.41) is 4.90. The van der Waals surface area contributed by atoms with Crippen molar-refractivity contribution in [2.24, 2.45) is 5.14 Å². The number of fused-ring (bicyclic) bond motifs is 1. The van der Waals surface area contributed by atoms with Gasteiger partial charge >= 0.3 is 5.76 Å². The number of oxazole rings is 1. The Balaban J connectivity index is 2.80. The van der Waals surface area contributed by atoms with Gasteiger partial charge in [-0.3, -0.25) is 4.98 Å². The molecule has 0 aliphatic heterocycles. The molecule has 7 heteroatoms. The predicted molar refractivity (Wildman–Crippen MR) is 48.2 cm³/mol. The van der Waals surface area contributed by atoms with Crippen LogP contribution in [0, 0.1) is 0 Å². The van der Waals surface area contributed by atoms with Crippen molar-refractivity contribution in [2.45, 2.75) is 4.90 Å². The lowest BCUT2D eigenvalue weighted by Crippen LogP contribution is -2.11. The maximum atomic E-state index is 10.9. The third kappa shape index (κ3) is 1.42. The Kier molecular flexibility index (Phi) is 1.73. The summed E-state index contributed by atoms with van der Waals surface area (Å²) in [6.45, 7) is 0. The fourth-order valence-corrected chi connectivity index (χ4v) is 1.63. The first-order valence-electron chi connectivity index (χ1n) is 3.62. The van der Waals surface area contributed by atoms with E-state index in [0.29, 0.717) is 5.52 Å². The number of rotatable bonds is 1. The standard InChI is InChI=1S/C7H6N2O4S/c8-14(11,12)4-1-2-5-6(3-4)13-7(10)9-5/h1-3H,(H,9,10)(H2,8,11,12). The van der Waals surface area contributed by atoms with Crippen molar-refractivity contribution >= 4 is 21.1 Å². The van der Waals surface area contributed by atoms with E-state index in [0.717, 1.165) is 0 Å². The fourth-order valence-electron chi connectivity index (χ4n) is 1.10. The van der Waals surface area contributed by atoms with Gasteiger partial charge in [0.05, 0.1) is 10.4 Å². The van der Waals surface area contributed by atoms with Crippen molar-refractivity contribution in [3.05, 3.63) is 28.7 Å². The third-order valence-corrected chi connectivity index (χ3v) is 2.63. The second-order valence-electron chi connectivity index (χ2n) is 2.72. The highest BCUT2D eigenvalue weighted by molar-refractivity contribution is 7.89. The van der Waals surface area contributed by atoms with Crippen LogP contribution in [0.2, 0.25) is 0 Å². The minimum atomic E-state index is -3.76. The van der Waals surface area contributed by atoms with E-state index < -0.39 is 15.8 Å². The zero-order chi connectivity index (χ0) is 10.3. The minimum absolute atomic E-state index is 0.0900. The molecule has 0 aliphatic rings. The highest BCUT2D eigenvalue weighted by Crippen LogP contribution is 2.14. The van der Waals surface area contributed by atoms with Crippen LogP contribution in [-0.4, -0.2) is 13.4 Å². The lowest BCUT2D eigenvalue weighted by atomic mass is 10.3. The molecule has 0 saturated carbocycles. The average molecular weight is 214 g/mol. The summed E-state index contributed by atoms with van der Waals surface area (Å²) in [6.07, 6.45) is 0. The first-order valence-corrected chi connectivity index (χ1v) is 5.17. The molecule has 0 unspecified atom stereocenters. The summed E-state index contributed by atoms with van der Waals surface area (Å²) in [7, 11) is -3.76. The highest BCUT2D eigenvalue weighted by Gasteiger charge is 2.10. The second-order valence-corrected chi connectivity index (χ2v) is 4.28. The summed E-state index contributed by atoms with van der Waals surface area (Å²) >= 11 is 0. The number of benzene rings is 1. The van der Waals surface area contributed by atoms with E-state index >= 15 is 0 Å². The Labute approximate surface area is 78.4 Å². The van der Waals surface area contributed by atoms with Crippen molar-refractivity contribution in [3.63, 3.8) is 0 Å². The Morgan fingerprint density at radius 2 is 2.07 bits per heavy atom. The third-order valence-electron chi connectivity index (χ3n) is 1.72. The van der Waals surface area contributed by atoms with Crippen LogP contribution in [0.25, 0.3) is 11.1 Å². The van der Waals surface area contributed by atoms with E-state index in [1.807, 2.05) is 0 Å². The van der Waals surface area contributed by atoms with Crippen molar-refractivity contribution < 1.29 is 12.8 Å². The fraction of sp³-hybridized carbons (Fsp3) is 0. The molecular weight excluding hydrogens is 208 g/mol. The molecule has 1 heterocycles. The second kappa shape index (κ2) is 2.69. The van der Waals surface area contributed by atoms with Crippen LogP contribution in [0.15, 0.2) is 32.3 Å². The Morgan fingerprint density at radius 3 is 2.71 bits per heavy atom. The van der Waals surface area contributed by atoms with Gasteiger partial charge in [0, 0.05) is 6.07 Å². The molecule has 0 aliphatic carbocycles. The predicted octanol–water partition coefficient (Wildman–Crippen LogP) is -0.231. The number of sulfonamides is 1. The number of hydrogen-bond donors (Lipinski definition) is 2. The Bertz CT molecular complexity index is 637. The van der Waals surface area contributed by atoms with Gasteiger partial charge in [0.1, 0.15) is 0 Å². The number of hydrogen-bond acceptors (Lipinski definition) is 4. The van der Waals surface area contributed by atoms with Crippen molar-refractivity contribution in [1.82, 2.24) is 4.98 Å².